The second kappa shape index (κ2) is 5.40. The summed E-state index contributed by atoms with van der Waals surface area (Å²) in [5, 5.41) is 0. The van der Waals surface area contributed by atoms with Gasteiger partial charge in [-0.25, -0.2) is 4.98 Å². The van der Waals surface area contributed by atoms with Crippen LogP contribution in [0.5, 0.6) is 0 Å². The number of hydrogen-bond acceptors (Lipinski definition) is 3. The smallest absolute Gasteiger partial charge is 0.156 e. The first-order valence-corrected chi connectivity index (χ1v) is 6.66. The van der Waals surface area contributed by atoms with E-state index in [1.54, 1.807) is 6.20 Å². The van der Waals surface area contributed by atoms with Crippen molar-refractivity contribution in [1.29, 1.82) is 0 Å². The number of nitrogens with zero attached hydrogens (tertiary/aromatic N) is 2. The molecule has 0 saturated carbocycles. The van der Waals surface area contributed by atoms with Crippen LogP contribution >= 0.6 is 15.9 Å². The molecule has 0 fully saturated rings. The third kappa shape index (κ3) is 2.64. The summed E-state index contributed by atoms with van der Waals surface area (Å²) < 4.78 is 0.892. The molecule has 2 rings (SSSR count). The van der Waals surface area contributed by atoms with Crippen molar-refractivity contribution in [2.75, 3.05) is 17.2 Å². The minimum atomic E-state index is 0.673. The highest BCUT2D eigenvalue weighted by Gasteiger charge is 2.11. The Morgan fingerprint density at radius 3 is 2.50 bits per heavy atom. The van der Waals surface area contributed by atoms with Gasteiger partial charge in [0.25, 0.3) is 0 Å². The summed E-state index contributed by atoms with van der Waals surface area (Å²) in [6.07, 6.45) is 1.77. The van der Waals surface area contributed by atoms with Gasteiger partial charge in [-0.3, -0.25) is 0 Å². The van der Waals surface area contributed by atoms with Gasteiger partial charge in [0.2, 0.25) is 0 Å². The van der Waals surface area contributed by atoms with Gasteiger partial charge in [0, 0.05) is 22.9 Å². The number of benzene rings is 1. The SMILES string of the molecule is CCN(c1ccc(C)cc1)c1ncc(Br)cc1N. The molecule has 2 aromatic rings. The molecule has 0 aliphatic carbocycles. The molecule has 3 nitrogen and oxygen atoms in total. The van der Waals surface area contributed by atoms with Crippen LogP contribution in [0.25, 0.3) is 0 Å². The Balaban J connectivity index is 2.41. The number of pyridine rings is 1. The quantitative estimate of drug-likeness (QED) is 0.935. The summed E-state index contributed by atoms with van der Waals surface area (Å²) >= 11 is 3.37. The zero-order valence-electron chi connectivity index (χ0n) is 10.5. The molecular formula is C14H16BrN3. The van der Waals surface area contributed by atoms with E-state index in [0.717, 1.165) is 22.5 Å². The molecule has 0 unspecified atom stereocenters. The monoisotopic (exact) mass is 305 g/mol. The molecule has 0 bridgehead atoms. The van der Waals surface area contributed by atoms with Crippen LogP contribution in [0.15, 0.2) is 41.0 Å². The number of nitrogen functional groups attached to an aromatic ring is 1. The zero-order valence-corrected chi connectivity index (χ0v) is 12.1. The van der Waals surface area contributed by atoms with E-state index in [4.69, 9.17) is 5.73 Å². The van der Waals surface area contributed by atoms with Gasteiger partial charge >= 0.3 is 0 Å². The molecule has 0 aliphatic rings. The predicted octanol–water partition coefficient (Wildman–Crippen LogP) is 3.89. The molecule has 94 valence electrons. The van der Waals surface area contributed by atoms with Crippen molar-refractivity contribution in [3.63, 3.8) is 0 Å². The Morgan fingerprint density at radius 1 is 1.28 bits per heavy atom. The summed E-state index contributed by atoms with van der Waals surface area (Å²) in [6, 6.07) is 10.2. The standard InChI is InChI=1S/C14H16BrN3/c1-3-18(12-6-4-10(2)5-7-12)14-13(16)8-11(15)9-17-14/h4-9H,3,16H2,1-2H3. The highest BCUT2D eigenvalue weighted by molar-refractivity contribution is 9.10. The van der Waals surface area contributed by atoms with E-state index in [0.29, 0.717) is 5.69 Å². The van der Waals surface area contributed by atoms with E-state index in [1.807, 2.05) is 6.07 Å². The average Bonchev–Trinajstić information content (AvgIpc) is 2.35. The Kier molecular flexibility index (Phi) is 3.87. The molecular weight excluding hydrogens is 290 g/mol. The summed E-state index contributed by atoms with van der Waals surface area (Å²) in [7, 11) is 0. The molecule has 1 heterocycles. The van der Waals surface area contributed by atoms with E-state index in [1.165, 1.54) is 5.56 Å². The van der Waals surface area contributed by atoms with E-state index >= 15 is 0 Å². The van der Waals surface area contributed by atoms with Crippen molar-refractivity contribution in [2.24, 2.45) is 0 Å². The fourth-order valence-electron chi connectivity index (χ4n) is 1.85. The molecule has 0 atom stereocenters. The van der Waals surface area contributed by atoms with Crippen LogP contribution in [0.1, 0.15) is 12.5 Å². The van der Waals surface area contributed by atoms with E-state index < -0.39 is 0 Å². The normalized spacial score (nSPS) is 10.4. The zero-order chi connectivity index (χ0) is 13.1. The first kappa shape index (κ1) is 12.9. The number of aryl methyl sites for hydroxylation is 1. The van der Waals surface area contributed by atoms with E-state index in [2.05, 4.69) is 63.9 Å². The summed E-state index contributed by atoms with van der Waals surface area (Å²) in [5.74, 6) is 0.796. The minimum Gasteiger partial charge on any atom is -0.396 e. The molecule has 1 aromatic carbocycles. The molecule has 18 heavy (non-hydrogen) atoms. The van der Waals surface area contributed by atoms with Crippen LogP contribution in [0, 0.1) is 6.92 Å². The van der Waals surface area contributed by atoms with Crippen LogP contribution in [-0.4, -0.2) is 11.5 Å². The fourth-order valence-corrected chi connectivity index (χ4v) is 2.20. The number of aromatic nitrogens is 1. The summed E-state index contributed by atoms with van der Waals surface area (Å²) in [4.78, 5) is 6.50. The second-order valence-electron chi connectivity index (χ2n) is 4.15. The first-order chi connectivity index (χ1) is 8.61. The van der Waals surface area contributed by atoms with Gasteiger partial charge in [-0.15, -0.1) is 0 Å². The maximum absolute atomic E-state index is 6.03. The molecule has 0 amide bonds. The Morgan fingerprint density at radius 2 is 1.94 bits per heavy atom. The average molecular weight is 306 g/mol. The maximum atomic E-state index is 6.03. The largest absolute Gasteiger partial charge is 0.396 e. The van der Waals surface area contributed by atoms with Gasteiger partial charge in [0.05, 0.1) is 5.69 Å². The number of hydrogen-bond donors (Lipinski definition) is 1. The van der Waals surface area contributed by atoms with Gasteiger partial charge in [-0.1, -0.05) is 17.7 Å². The Labute approximate surface area is 116 Å². The Hall–Kier alpha value is -1.55. The van der Waals surface area contributed by atoms with Gasteiger partial charge in [0.15, 0.2) is 5.82 Å². The van der Waals surface area contributed by atoms with Gasteiger partial charge < -0.3 is 10.6 Å². The van der Waals surface area contributed by atoms with Crippen LogP contribution in [0.4, 0.5) is 17.2 Å². The highest BCUT2D eigenvalue weighted by Crippen LogP contribution is 2.29. The minimum absolute atomic E-state index is 0.673. The maximum Gasteiger partial charge on any atom is 0.156 e. The van der Waals surface area contributed by atoms with E-state index in [9.17, 15) is 0 Å². The molecule has 0 radical (unpaired) electrons. The van der Waals surface area contributed by atoms with E-state index in [-0.39, 0.29) is 0 Å². The molecule has 2 N–H and O–H groups in total. The first-order valence-electron chi connectivity index (χ1n) is 5.87. The van der Waals surface area contributed by atoms with Crippen molar-refractivity contribution < 1.29 is 0 Å². The van der Waals surface area contributed by atoms with Crippen molar-refractivity contribution in [3.05, 3.63) is 46.6 Å². The Bertz CT molecular complexity index is 537. The number of nitrogens with two attached hydrogens (primary N) is 1. The number of halogens is 1. The lowest BCUT2D eigenvalue weighted by Crippen LogP contribution is -2.18. The lowest BCUT2D eigenvalue weighted by Gasteiger charge is -2.23. The van der Waals surface area contributed by atoms with Gasteiger partial charge in [-0.2, -0.15) is 0 Å². The van der Waals surface area contributed by atoms with Crippen LogP contribution < -0.4 is 10.6 Å². The van der Waals surface area contributed by atoms with Crippen molar-refractivity contribution >= 4 is 33.1 Å². The summed E-state index contributed by atoms with van der Waals surface area (Å²) in [5.41, 5.74) is 9.05. The van der Waals surface area contributed by atoms with Gasteiger partial charge in [0.1, 0.15) is 0 Å². The molecule has 1 aromatic heterocycles. The topological polar surface area (TPSA) is 42.2 Å². The third-order valence-corrected chi connectivity index (χ3v) is 3.21. The highest BCUT2D eigenvalue weighted by atomic mass is 79.9. The molecule has 4 heteroatoms. The fraction of sp³-hybridized carbons (Fsp3) is 0.214. The lowest BCUT2D eigenvalue weighted by atomic mass is 10.2. The lowest BCUT2D eigenvalue weighted by molar-refractivity contribution is 0.990. The van der Waals surface area contributed by atoms with Crippen LogP contribution in [-0.2, 0) is 0 Å². The molecule has 0 saturated heterocycles. The van der Waals surface area contributed by atoms with Crippen LogP contribution in [0.2, 0.25) is 0 Å². The van der Waals surface area contributed by atoms with Crippen molar-refractivity contribution in [1.82, 2.24) is 4.98 Å². The second-order valence-corrected chi connectivity index (χ2v) is 5.06. The van der Waals surface area contributed by atoms with Crippen LogP contribution in [0.3, 0.4) is 0 Å². The predicted molar refractivity (Wildman–Crippen MR) is 80.2 cm³/mol. The third-order valence-electron chi connectivity index (χ3n) is 2.78. The molecule has 0 spiro atoms. The van der Waals surface area contributed by atoms with Crippen molar-refractivity contribution in [3.8, 4) is 0 Å². The number of rotatable bonds is 3. The number of anilines is 3. The molecule has 0 aliphatic heterocycles. The van der Waals surface area contributed by atoms with Gasteiger partial charge in [-0.05, 0) is 48.0 Å². The van der Waals surface area contributed by atoms with Crippen molar-refractivity contribution in [2.45, 2.75) is 13.8 Å². The summed E-state index contributed by atoms with van der Waals surface area (Å²) in [6.45, 7) is 4.98.